The van der Waals surface area contributed by atoms with Gasteiger partial charge in [-0.05, 0) is 25.5 Å². The highest BCUT2D eigenvalue weighted by Crippen LogP contribution is 2.19. The van der Waals surface area contributed by atoms with Gasteiger partial charge >= 0.3 is 12.0 Å². The van der Waals surface area contributed by atoms with E-state index >= 15 is 0 Å². The van der Waals surface area contributed by atoms with Crippen LogP contribution in [0.3, 0.4) is 0 Å². The number of carboxylic acid groups (broad SMARTS) is 1. The Bertz CT molecular complexity index is 545. The zero-order valence-electron chi connectivity index (χ0n) is 11.6. The Morgan fingerprint density at radius 1 is 1.40 bits per heavy atom. The topological polar surface area (TPSA) is 95.5 Å². The first-order valence-corrected chi connectivity index (χ1v) is 7.74. The minimum Gasteiger partial charge on any atom is -0.478 e. The van der Waals surface area contributed by atoms with Gasteiger partial charge in [0.25, 0.3) is 0 Å². The molecule has 2 unspecified atom stereocenters. The number of carbonyl (C=O) groups is 2. The van der Waals surface area contributed by atoms with E-state index in [1.54, 1.807) is 32.2 Å². The van der Waals surface area contributed by atoms with E-state index in [9.17, 15) is 13.8 Å². The van der Waals surface area contributed by atoms with Gasteiger partial charge in [-0.15, -0.1) is 0 Å². The molecule has 1 rings (SSSR count). The normalized spacial score (nSPS) is 13.3. The summed E-state index contributed by atoms with van der Waals surface area (Å²) in [5, 5.41) is 14.3. The Labute approximate surface area is 120 Å². The lowest BCUT2D eigenvalue weighted by Crippen LogP contribution is -2.39. The van der Waals surface area contributed by atoms with E-state index in [-0.39, 0.29) is 17.3 Å². The maximum Gasteiger partial charge on any atom is 0.338 e. The third kappa shape index (κ3) is 4.65. The highest BCUT2D eigenvalue weighted by atomic mass is 32.2. The first-order valence-electron chi connectivity index (χ1n) is 6.01. The highest BCUT2D eigenvalue weighted by molar-refractivity contribution is 7.84. The minimum atomic E-state index is -1.10. The van der Waals surface area contributed by atoms with E-state index in [0.717, 1.165) is 0 Å². The van der Waals surface area contributed by atoms with Gasteiger partial charge in [0.05, 0.1) is 11.3 Å². The molecule has 0 radical (unpaired) electrons. The molecule has 0 aromatic heterocycles. The van der Waals surface area contributed by atoms with Crippen LogP contribution < -0.4 is 10.6 Å². The number of carbonyl (C=O) groups excluding carboxylic acids is 1. The van der Waals surface area contributed by atoms with Gasteiger partial charge in [0.15, 0.2) is 0 Å². The van der Waals surface area contributed by atoms with Crippen molar-refractivity contribution in [3.63, 3.8) is 0 Å². The molecule has 0 bridgehead atoms. The van der Waals surface area contributed by atoms with Crippen molar-refractivity contribution in [1.82, 2.24) is 5.32 Å². The van der Waals surface area contributed by atoms with Crippen molar-refractivity contribution in [2.75, 3.05) is 17.3 Å². The van der Waals surface area contributed by atoms with Crippen molar-refractivity contribution in [1.29, 1.82) is 0 Å². The average Bonchev–Trinajstić information content (AvgIpc) is 2.26. The van der Waals surface area contributed by atoms with Crippen molar-refractivity contribution in [2.45, 2.75) is 19.9 Å². The van der Waals surface area contributed by atoms with Gasteiger partial charge < -0.3 is 15.7 Å². The summed E-state index contributed by atoms with van der Waals surface area (Å²) in [6.45, 7) is 3.39. The number of aromatic carboxylic acids is 1. The lowest BCUT2D eigenvalue weighted by molar-refractivity contribution is 0.0697. The minimum absolute atomic E-state index is 0.0642. The van der Waals surface area contributed by atoms with E-state index in [2.05, 4.69) is 10.6 Å². The molecule has 2 amide bonds. The molecule has 3 N–H and O–H groups in total. The molecule has 0 saturated heterocycles. The Morgan fingerprint density at radius 2 is 2.05 bits per heavy atom. The molecule has 0 aliphatic heterocycles. The maximum atomic E-state index is 11.8. The molecule has 110 valence electrons. The number of benzene rings is 1. The van der Waals surface area contributed by atoms with Crippen LogP contribution in [-0.4, -0.2) is 39.4 Å². The van der Waals surface area contributed by atoms with E-state index in [4.69, 9.17) is 5.11 Å². The van der Waals surface area contributed by atoms with Gasteiger partial charge in [-0.25, -0.2) is 9.59 Å². The second-order valence-electron chi connectivity index (χ2n) is 4.54. The van der Waals surface area contributed by atoms with Gasteiger partial charge in [-0.1, -0.05) is 12.1 Å². The van der Waals surface area contributed by atoms with E-state index in [1.165, 1.54) is 6.07 Å². The number of carboxylic acids is 1. The summed E-state index contributed by atoms with van der Waals surface area (Å²) in [5.74, 6) is -0.756. The molecule has 0 aliphatic rings. The van der Waals surface area contributed by atoms with E-state index in [0.29, 0.717) is 11.3 Å². The molecule has 0 aliphatic carbocycles. The molecule has 1 aromatic rings. The van der Waals surface area contributed by atoms with Crippen LogP contribution >= 0.6 is 0 Å². The number of urea groups is 1. The molecule has 0 saturated carbocycles. The van der Waals surface area contributed by atoms with Crippen molar-refractivity contribution in [3.8, 4) is 0 Å². The third-order valence-electron chi connectivity index (χ3n) is 2.60. The summed E-state index contributed by atoms with van der Waals surface area (Å²) in [7, 11) is -1.01. The number of nitrogens with one attached hydrogen (secondary N) is 2. The molecule has 6 nitrogen and oxygen atoms in total. The summed E-state index contributed by atoms with van der Waals surface area (Å²) >= 11 is 0. The van der Waals surface area contributed by atoms with Crippen LogP contribution in [0.15, 0.2) is 18.2 Å². The standard InChI is InChI=1S/C13H18N2O4S/c1-8-5-4-6-10(11(8)12(16)17)15-13(18)14-9(2)7-20(3)19/h4-6,9H,7H2,1-3H3,(H,16,17)(H2,14,15,18). The predicted octanol–water partition coefficient (Wildman–Crippen LogP) is 1.58. The zero-order chi connectivity index (χ0) is 15.3. The Balaban J connectivity index is 2.79. The van der Waals surface area contributed by atoms with Crippen molar-refractivity contribution in [2.24, 2.45) is 0 Å². The fourth-order valence-corrected chi connectivity index (χ4v) is 2.62. The van der Waals surface area contributed by atoms with E-state index < -0.39 is 22.8 Å². The number of aryl methyl sites for hydroxylation is 1. The largest absolute Gasteiger partial charge is 0.478 e. The SMILES string of the molecule is Cc1cccc(NC(=O)NC(C)CS(C)=O)c1C(=O)O. The van der Waals surface area contributed by atoms with Crippen molar-refractivity contribution < 1.29 is 18.9 Å². The number of hydrogen-bond donors (Lipinski definition) is 3. The average molecular weight is 298 g/mol. The van der Waals surface area contributed by atoms with Crippen LogP contribution in [0.5, 0.6) is 0 Å². The summed E-state index contributed by atoms with van der Waals surface area (Å²) in [5.41, 5.74) is 0.868. The Kier molecular flexibility index (Phi) is 5.69. The summed E-state index contributed by atoms with van der Waals surface area (Å²) in [6.07, 6.45) is 1.55. The fourth-order valence-electron chi connectivity index (χ4n) is 1.83. The molecule has 20 heavy (non-hydrogen) atoms. The highest BCUT2D eigenvalue weighted by Gasteiger charge is 2.15. The smallest absolute Gasteiger partial charge is 0.338 e. The lowest BCUT2D eigenvalue weighted by atomic mass is 10.1. The molecule has 0 heterocycles. The van der Waals surface area contributed by atoms with Gasteiger partial charge in [0.1, 0.15) is 0 Å². The number of amides is 2. The van der Waals surface area contributed by atoms with Gasteiger partial charge in [0.2, 0.25) is 0 Å². The summed E-state index contributed by atoms with van der Waals surface area (Å²) < 4.78 is 11.0. The molecule has 1 aromatic carbocycles. The predicted molar refractivity (Wildman–Crippen MR) is 78.7 cm³/mol. The maximum absolute atomic E-state index is 11.8. The van der Waals surface area contributed by atoms with Gasteiger partial charge in [-0.2, -0.15) is 0 Å². The number of hydrogen-bond acceptors (Lipinski definition) is 3. The summed E-state index contributed by atoms with van der Waals surface area (Å²) in [6, 6.07) is 4.07. The van der Waals surface area contributed by atoms with Gasteiger partial charge in [-0.3, -0.25) is 4.21 Å². The van der Waals surface area contributed by atoms with Crippen LogP contribution in [0.25, 0.3) is 0 Å². The first kappa shape index (κ1) is 16.2. The molecule has 0 spiro atoms. The van der Waals surface area contributed by atoms with E-state index in [1.807, 2.05) is 0 Å². The molecular weight excluding hydrogens is 280 g/mol. The van der Waals surface area contributed by atoms with Crippen LogP contribution in [0.4, 0.5) is 10.5 Å². The molecule has 7 heteroatoms. The molecular formula is C13H18N2O4S. The fraction of sp³-hybridized carbons (Fsp3) is 0.385. The first-order chi connectivity index (χ1) is 9.31. The monoisotopic (exact) mass is 298 g/mol. The van der Waals surface area contributed by atoms with Crippen LogP contribution in [-0.2, 0) is 10.8 Å². The molecule has 2 atom stereocenters. The quantitative estimate of drug-likeness (QED) is 0.769. The van der Waals surface area contributed by atoms with Crippen molar-refractivity contribution in [3.05, 3.63) is 29.3 Å². The Morgan fingerprint density at radius 3 is 2.60 bits per heavy atom. The second kappa shape index (κ2) is 7.04. The van der Waals surface area contributed by atoms with Crippen LogP contribution in [0.2, 0.25) is 0 Å². The lowest BCUT2D eigenvalue weighted by Gasteiger charge is -2.15. The zero-order valence-corrected chi connectivity index (χ0v) is 12.4. The van der Waals surface area contributed by atoms with Crippen LogP contribution in [0.1, 0.15) is 22.8 Å². The van der Waals surface area contributed by atoms with Crippen molar-refractivity contribution >= 4 is 28.5 Å². The second-order valence-corrected chi connectivity index (χ2v) is 6.02. The third-order valence-corrected chi connectivity index (χ3v) is 3.57. The number of anilines is 1. The summed E-state index contributed by atoms with van der Waals surface area (Å²) in [4.78, 5) is 23.0. The Hall–Kier alpha value is -1.89. The van der Waals surface area contributed by atoms with Crippen LogP contribution in [0, 0.1) is 6.92 Å². The molecule has 0 fully saturated rings. The van der Waals surface area contributed by atoms with Gasteiger partial charge in [0, 0.05) is 28.9 Å². The number of rotatable bonds is 5.